The highest BCUT2D eigenvalue weighted by atomic mass is 32.2. The SMILES string of the molecule is CCCn1cc2c3c(cc(C(=O)N[C@@H](Cc4ccccc4)[C@H](O)CNC4CCCCC4)cc31)N(C)SCC2. The minimum atomic E-state index is -0.680. The lowest BCUT2D eigenvalue weighted by Crippen LogP contribution is -2.50. The first-order valence-corrected chi connectivity index (χ1v) is 15.3. The van der Waals surface area contributed by atoms with E-state index in [1.165, 1.54) is 30.2 Å². The average molecular weight is 535 g/mol. The lowest BCUT2D eigenvalue weighted by atomic mass is 9.94. The van der Waals surface area contributed by atoms with Gasteiger partial charge in [0, 0.05) is 49.1 Å². The van der Waals surface area contributed by atoms with Crippen molar-refractivity contribution in [2.75, 3.05) is 23.7 Å². The first-order valence-electron chi connectivity index (χ1n) is 14.3. The molecule has 7 heteroatoms. The summed E-state index contributed by atoms with van der Waals surface area (Å²) < 4.78 is 4.51. The summed E-state index contributed by atoms with van der Waals surface area (Å²) in [7, 11) is 2.09. The monoisotopic (exact) mass is 534 g/mol. The van der Waals surface area contributed by atoms with E-state index in [0.29, 0.717) is 24.6 Å². The molecular formula is C31H42N4O2S. The third-order valence-electron chi connectivity index (χ3n) is 8.06. The summed E-state index contributed by atoms with van der Waals surface area (Å²) in [5.74, 6) is 0.895. The van der Waals surface area contributed by atoms with E-state index in [4.69, 9.17) is 0 Å². The quantitative estimate of drug-likeness (QED) is 0.307. The fourth-order valence-electron chi connectivity index (χ4n) is 5.99. The number of carbonyl (C=O) groups is 1. The van der Waals surface area contributed by atoms with Crippen LogP contribution < -0.4 is 14.9 Å². The Bertz CT molecular complexity index is 1220. The zero-order valence-electron chi connectivity index (χ0n) is 22.8. The van der Waals surface area contributed by atoms with Gasteiger partial charge in [0.05, 0.1) is 23.3 Å². The van der Waals surface area contributed by atoms with Gasteiger partial charge in [0.15, 0.2) is 0 Å². The second kappa shape index (κ2) is 12.6. The minimum absolute atomic E-state index is 0.130. The van der Waals surface area contributed by atoms with Gasteiger partial charge in [-0.3, -0.25) is 4.79 Å². The van der Waals surface area contributed by atoms with Gasteiger partial charge >= 0.3 is 0 Å². The summed E-state index contributed by atoms with van der Waals surface area (Å²) in [5, 5.41) is 19.3. The Kier molecular flexibility index (Phi) is 8.97. The largest absolute Gasteiger partial charge is 0.390 e. The van der Waals surface area contributed by atoms with Crippen LogP contribution in [0.25, 0.3) is 10.9 Å². The van der Waals surface area contributed by atoms with Crippen molar-refractivity contribution in [2.24, 2.45) is 0 Å². The molecule has 1 aromatic heterocycles. The Morgan fingerprint density at radius 1 is 1.16 bits per heavy atom. The molecule has 0 radical (unpaired) electrons. The fraction of sp³-hybridized carbons (Fsp3) is 0.516. The Hall–Kier alpha value is -2.48. The predicted molar refractivity (Wildman–Crippen MR) is 159 cm³/mol. The van der Waals surface area contributed by atoms with E-state index in [0.717, 1.165) is 54.7 Å². The van der Waals surface area contributed by atoms with Crippen molar-refractivity contribution < 1.29 is 9.90 Å². The molecule has 1 aliphatic carbocycles. The van der Waals surface area contributed by atoms with Gasteiger partial charge in [0.1, 0.15) is 0 Å². The molecule has 2 heterocycles. The average Bonchev–Trinajstić information content (AvgIpc) is 3.20. The number of nitrogens with one attached hydrogen (secondary N) is 2. The highest BCUT2D eigenvalue weighted by molar-refractivity contribution is 8.00. The summed E-state index contributed by atoms with van der Waals surface area (Å²) in [6.07, 6.45) is 10.4. The molecule has 0 spiro atoms. The van der Waals surface area contributed by atoms with Crippen LogP contribution in [0.1, 0.15) is 66.9 Å². The molecular weight excluding hydrogens is 492 g/mol. The number of hydrogen-bond acceptors (Lipinski definition) is 5. The lowest BCUT2D eigenvalue weighted by Gasteiger charge is -2.28. The molecule has 5 rings (SSSR count). The molecule has 1 saturated carbocycles. The molecule has 2 atom stereocenters. The van der Waals surface area contributed by atoms with E-state index in [9.17, 15) is 9.90 Å². The summed E-state index contributed by atoms with van der Waals surface area (Å²) in [6.45, 7) is 3.60. The molecule has 204 valence electrons. The maximum Gasteiger partial charge on any atom is 0.251 e. The van der Waals surface area contributed by atoms with Crippen LogP contribution in [0.2, 0.25) is 0 Å². The van der Waals surface area contributed by atoms with Gasteiger partial charge < -0.3 is 24.6 Å². The number of hydrogen-bond donors (Lipinski definition) is 3. The van der Waals surface area contributed by atoms with Crippen molar-refractivity contribution >= 4 is 34.4 Å². The number of anilines is 1. The van der Waals surface area contributed by atoms with E-state index < -0.39 is 6.10 Å². The molecule has 3 N–H and O–H groups in total. The van der Waals surface area contributed by atoms with Gasteiger partial charge in [-0.2, -0.15) is 0 Å². The summed E-state index contributed by atoms with van der Waals surface area (Å²) >= 11 is 1.80. The van der Waals surface area contributed by atoms with Crippen molar-refractivity contribution in [2.45, 2.75) is 83.0 Å². The number of nitrogens with zero attached hydrogens (tertiary/aromatic N) is 2. The van der Waals surface area contributed by atoms with Crippen molar-refractivity contribution in [1.29, 1.82) is 0 Å². The highest BCUT2D eigenvalue weighted by Gasteiger charge is 2.26. The topological polar surface area (TPSA) is 69.5 Å². The Balaban J connectivity index is 1.40. The van der Waals surface area contributed by atoms with E-state index >= 15 is 0 Å². The maximum absolute atomic E-state index is 13.8. The standard InChI is InChI=1S/C31H42N4O2S/c1-3-15-35-21-23-14-16-38-34(2)27-18-24(19-28(35)30(23)27)31(37)33-26(17-22-10-6-4-7-11-22)29(36)20-32-25-12-8-5-9-13-25/h4,6-7,10-11,18-19,21,25-26,29,32,36H,3,5,8-9,12-17,20H2,1-2H3,(H,33,37)/t26-,29+/m0/s1. The van der Waals surface area contributed by atoms with Gasteiger partial charge in [0.25, 0.3) is 5.91 Å². The van der Waals surface area contributed by atoms with Gasteiger partial charge in [0.2, 0.25) is 0 Å². The van der Waals surface area contributed by atoms with E-state index in [1.807, 2.05) is 30.3 Å². The van der Waals surface area contributed by atoms with Crippen molar-refractivity contribution in [1.82, 2.24) is 15.2 Å². The van der Waals surface area contributed by atoms with Crippen LogP contribution >= 0.6 is 11.9 Å². The van der Waals surface area contributed by atoms with Gasteiger partial charge in [-0.25, -0.2) is 0 Å². The number of benzene rings is 2. The number of rotatable bonds is 10. The van der Waals surface area contributed by atoms with Crippen LogP contribution in [0.5, 0.6) is 0 Å². The Labute approximate surface area is 231 Å². The van der Waals surface area contributed by atoms with Crippen LogP contribution in [0.3, 0.4) is 0 Å². The van der Waals surface area contributed by atoms with Gasteiger partial charge in [-0.15, -0.1) is 0 Å². The molecule has 1 amide bonds. The second-order valence-electron chi connectivity index (χ2n) is 10.9. The number of aliphatic hydroxyl groups excluding tert-OH is 1. The van der Waals surface area contributed by atoms with Crippen LogP contribution in [0, 0.1) is 0 Å². The zero-order valence-corrected chi connectivity index (χ0v) is 23.6. The summed E-state index contributed by atoms with van der Waals surface area (Å²) in [6, 6.07) is 14.3. The Morgan fingerprint density at radius 2 is 1.95 bits per heavy atom. The molecule has 0 saturated heterocycles. The molecule has 2 aliphatic rings. The van der Waals surface area contributed by atoms with Gasteiger partial charge in [-0.05, 0) is 67.3 Å². The van der Waals surface area contributed by atoms with Crippen molar-refractivity contribution in [3.05, 3.63) is 65.4 Å². The van der Waals surface area contributed by atoms with Crippen molar-refractivity contribution in [3.63, 3.8) is 0 Å². The number of aryl methyl sites for hydroxylation is 2. The smallest absolute Gasteiger partial charge is 0.251 e. The van der Waals surface area contributed by atoms with Crippen LogP contribution in [-0.4, -0.2) is 53.1 Å². The molecule has 38 heavy (non-hydrogen) atoms. The number of carbonyl (C=O) groups excluding carboxylic acids is 1. The third kappa shape index (κ3) is 6.22. The molecule has 2 aromatic carbocycles. The lowest BCUT2D eigenvalue weighted by molar-refractivity contribution is 0.0821. The molecule has 3 aromatic rings. The predicted octanol–water partition coefficient (Wildman–Crippen LogP) is 5.32. The minimum Gasteiger partial charge on any atom is -0.390 e. The first-order chi connectivity index (χ1) is 18.5. The normalized spacial score (nSPS) is 17.8. The second-order valence-corrected chi connectivity index (χ2v) is 12.1. The van der Waals surface area contributed by atoms with E-state index in [-0.39, 0.29) is 11.9 Å². The Morgan fingerprint density at radius 3 is 2.71 bits per heavy atom. The third-order valence-corrected chi connectivity index (χ3v) is 9.03. The number of aromatic nitrogens is 1. The zero-order chi connectivity index (χ0) is 26.5. The van der Waals surface area contributed by atoms with Crippen LogP contribution in [0.4, 0.5) is 5.69 Å². The first kappa shape index (κ1) is 27.1. The number of aliphatic hydroxyl groups is 1. The van der Waals surface area contributed by atoms with Gasteiger partial charge in [-0.1, -0.05) is 56.5 Å². The molecule has 1 fully saturated rings. The maximum atomic E-state index is 13.8. The molecule has 0 bridgehead atoms. The van der Waals surface area contributed by atoms with Crippen LogP contribution in [-0.2, 0) is 19.4 Å². The molecule has 0 unspecified atom stereocenters. The molecule has 6 nitrogen and oxygen atoms in total. The summed E-state index contributed by atoms with van der Waals surface area (Å²) in [4.78, 5) is 13.8. The van der Waals surface area contributed by atoms with Crippen LogP contribution in [0.15, 0.2) is 48.7 Å². The van der Waals surface area contributed by atoms with Crippen molar-refractivity contribution in [3.8, 4) is 0 Å². The highest BCUT2D eigenvalue weighted by Crippen LogP contribution is 2.38. The molecule has 1 aliphatic heterocycles. The number of amides is 1. The summed E-state index contributed by atoms with van der Waals surface area (Å²) in [5.41, 5.74) is 5.33. The fourth-order valence-corrected chi connectivity index (χ4v) is 6.85. The van der Waals surface area contributed by atoms with E-state index in [2.05, 4.69) is 51.8 Å². The van der Waals surface area contributed by atoms with E-state index in [1.54, 1.807) is 11.9 Å².